The topological polar surface area (TPSA) is 108 Å². The minimum atomic E-state index is -3.62. The SMILES string of the molecule is CN1Cc2c(C(N)=O)c(-c3cccc(F)c3)nn2C(COS(C)(=O)=O)C1. The van der Waals surface area contributed by atoms with Gasteiger partial charge in [-0.1, -0.05) is 12.1 Å². The molecule has 1 aliphatic heterocycles. The zero-order valence-electron chi connectivity index (χ0n) is 14.3. The Morgan fingerprint density at radius 3 is 2.81 bits per heavy atom. The first-order valence-electron chi connectivity index (χ1n) is 7.86. The summed E-state index contributed by atoms with van der Waals surface area (Å²) < 4.78 is 42.7. The van der Waals surface area contributed by atoms with E-state index in [4.69, 9.17) is 9.92 Å². The van der Waals surface area contributed by atoms with Crippen LogP contribution in [0.4, 0.5) is 4.39 Å². The molecule has 0 saturated carbocycles. The third kappa shape index (κ3) is 3.76. The summed E-state index contributed by atoms with van der Waals surface area (Å²) in [6.45, 7) is 0.750. The predicted molar refractivity (Wildman–Crippen MR) is 92.3 cm³/mol. The third-order valence-corrected chi connectivity index (χ3v) is 4.68. The molecule has 1 amide bonds. The Balaban J connectivity index is 2.10. The Labute approximate surface area is 150 Å². The summed E-state index contributed by atoms with van der Waals surface area (Å²) in [6.07, 6.45) is 0.969. The van der Waals surface area contributed by atoms with Gasteiger partial charge in [0, 0.05) is 18.7 Å². The molecule has 140 valence electrons. The minimum absolute atomic E-state index is 0.126. The Morgan fingerprint density at radius 1 is 1.46 bits per heavy atom. The van der Waals surface area contributed by atoms with Crippen LogP contribution in [0.25, 0.3) is 11.3 Å². The number of carbonyl (C=O) groups is 1. The highest BCUT2D eigenvalue weighted by Gasteiger charge is 2.32. The molecule has 8 nitrogen and oxygen atoms in total. The van der Waals surface area contributed by atoms with E-state index >= 15 is 0 Å². The van der Waals surface area contributed by atoms with E-state index in [0.29, 0.717) is 24.3 Å². The number of primary amides is 1. The molecular weight excluding hydrogens is 363 g/mol. The van der Waals surface area contributed by atoms with E-state index in [-0.39, 0.29) is 17.9 Å². The number of hydrogen-bond acceptors (Lipinski definition) is 6. The second kappa shape index (κ2) is 6.78. The number of nitrogens with two attached hydrogens (primary N) is 1. The van der Waals surface area contributed by atoms with Crippen molar-refractivity contribution in [2.24, 2.45) is 5.73 Å². The van der Waals surface area contributed by atoms with Gasteiger partial charge in [0.25, 0.3) is 16.0 Å². The summed E-state index contributed by atoms with van der Waals surface area (Å²) in [5, 5.41) is 4.45. The Bertz CT molecular complexity index is 957. The van der Waals surface area contributed by atoms with Crippen LogP contribution in [-0.2, 0) is 20.8 Å². The molecule has 0 radical (unpaired) electrons. The number of halogens is 1. The second-order valence-corrected chi connectivity index (χ2v) is 7.97. The molecule has 1 unspecified atom stereocenters. The molecule has 1 atom stereocenters. The van der Waals surface area contributed by atoms with Gasteiger partial charge in [0.2, 0.25) is 0 Å². The van der Waals surface area contributed by atoms with E-state index in [0.717, 1.165) is 6.26 Å². The fourth-order valence-corrected chi connectivity index (χ4v) is 3.51. The number of likely N-dealkylation sites (N-methyl/N-ethyl adjacent to an activating group) is 1. The van der Waals surface area contributed by atoms with Gasteiger partial charge in [0.05, 0.1) is 30.2 Å². The van der Waals surface area contributed by atoms with E-state index in [1.165, 1.54) is 18.2 Å². The molecule has 1 aromatic heterocycles. The van der Waals surface area contributed by atoms with Crippen molar-refractivity contribution in [1.29, 1.82) is 0 Å². The number of nitrogens with zero attached hydrogens (tertiary/aromatic N) is 3. The van der Waals surface area contributed by atoms with Crippen molar-refractivity contribution < 1.29 is 21.8 Å². The van der Waals surface area contributed by atoms with Gasteiger partial charge in [0.15, 0.2) is 0 Å². The van der Waals surface area contributed by atoms with Crippen LogP contribution in [-0.4, -0.2) is 55.5 Å². The van der Waals surface area contributed by atoms with Crippen molar-refractivity contribution in [3.63, 3.8) is 0 Å². The highest BCUT2D eigenvalue weighted by molar-refractivity contribution is 7.85. The quantitative estimate of drug-likeness (QED) is 0.765. The number of hydrogen-bond donors (Lipinski definition) is 1. The molecular formula is C16H19FN4O4S. The Kier molecular flexibility index (Phi) is 4.82. The molecule has 0 saturated heterocycles. The van der Waals surface area contributed by atoms with E-state index in [1.54, 1.807) is 10.7 Å². The number of fused-ring (bicyclic) bond motifs is 1. The normalized spacial score (nSPS) is 17.9. The molecule has 2 aromatic rings. The number of amides is 1. The van der Waals surface area contributed by atoms with Gasteiger partial charge in [-0.3, -0.25) is 18.6 Å². The van der Waals surface area contributed by atoms with E-state index in [9.17, 15) is 17.6 Å². The third-order valence-electron chi connectivity index (χ3n) is 4.12. The fraction of sp³-hybridized carbons (Fsp3) is 0.375. The van der Waals surface area contributed by atoms with Gasteiger partial charge in [-0.05, 0) is 19.2 Å². The molecule has 0 bridgehead atoms. The van der Waals surface area contributed by atoms with Crippen LogP contribution in [0.1, 0.15) is 22.1 Å². The predicted octanol–water partition coefficient (Wildman–Crippen LogP) is 0.751. The molecule has 2 heterocycles. The van der Waals surface area contributed by atoms with E-state index < -0.39 is 27.9 Å². The molecule has 1 aromatic carbocycles. The van der Waals surface area contributed by atoms with Crippen LogP contribution < -0.4 is 5.73 Å². The lowest BCUT2D eigenvalue weighted by atomic mass is 10.0. The molecule has 26 heavy (non-hydrogen) atoms. The van der Waals surface area contributed by atoms with Crippen molar-refractivity contribution in [2.45, 2.75) is 12.6 Å². The first-order chi connectivity index (χ1) is 12.2. The lowest BCUT2D eigenvalue weighted by Gasteiger charge is -2.31. The molecule has 0 spiro atoms. The summed E-state index contributed by atoms with van der Waals surface area (Å²) in [5.41, 5.74) is 7.00. The van der Waals surface area contributed by atoms with Crippen molar-refractivity contribution in [2.75, 3.05) is 26.5 Å². The maximum absolute atomic E-state index is 13.6. The number of benzene rings is 1. The van der Waals surface area contributed by atoms with E-state index in [1.807, 2.05) is 11.9 Å². The van der Waals surface area contributed by atoms with Crippen LogP contribution in [0.2, 0.25) is 0 Å². The number of carbonyl (C=O) groups excluding carboxylic acids is 1. The summed E-state index contributed by atoms with van der Waals surface area (Å²) in [5.74, 6) is -1.14. The van der Waals surface area contributed by atoms with Gasteiger partial charge in [0.1, 0.15) is 11.5 Å². The smallest absolute Gasteiger partial charge is 0.264 e. The molecule has 0 fully saturated rings. The summed E-state index contributed by atoms with van der Waals surface area (Å²) >= 11 is 0. The number of aromatic nitrogens is 2. The lowest BCUT2D eigenvalue weighted by molar-refractivity contribution is 0.0995. The second-order valence-electron chi connectivity index (χ2n) is 6.33. The van der Waals surface area contributed by atoms with Crippen LogP contribution in [0.5, 0.6) is 0 Å². The first-order valence-corrected chi connectivity index (χ1v) is 9.67. The maximum atomic E-state index is 13.6. The average molecular weight is 382 g/mol. The molecule has 2 N–H and O–H groups in total. The van der Waals surface area contributed by atoms with Crippen LogP contribution in [0.3, 0.4) is 0 Å². The largest absolute Gasteiger partial charge is 0.365 e. The lowest BCUT2D eigenvalue weighted by Crippen LogP contribution is -2.38. The van der Waals surface area contributed by atoms with Gasteiger partial charge in [-0.2, -0.15) is 13.5 Å². The molecule has 0 aliphatic carbocycles. The van der Waals surface area contributed by atoms with Crippen molar-refractivity contribution in [1.82, 2.24) is 14.7 Å². The summed E-state index contributed by atoms with van der Waals surface area (Å²) in [7, 11) is -1.79. The molecule has 3 rings (SSSR count). The van der Waals surface area contributed by atoms with Crippen LogP contribution >= 0.6 is 0 Å². The number of rotatable bonds is 5. The van der Waals surface area contributed by atoms with Crippen molar-refractivity contribution in [3.8, 4) is 11.3 Å². The van der Waals surface area contributed by atoms with Crippen molar-refractivity contribution >= 4 is 16.0 Å². The molecule has 10 heteroatoms. The van der Waals surface area contributed by atoms with Crippen LogP contribution in [0.15, 0.2) is 24.3 Å². The van der Waals surface area contributed by atoms with Gasteiger partial charge < -0.3 is 5.73 Å². The monoisotopic (exact) mass is 382 g/mol. The fourth-order valence-electron chi connectivity index (χ4n) is 3.10. The highest BCUT2D eigenvalue weighted by Crippen LogP contribution is 2.31. The zero-order valence-corrected chi connectivity index (χ0v) is 15.2. The average Bonchev–Trinajstić information content (AvgIpc) is 2.91. The maximum Gasteiger partial charge on any atom is 0.264 e. The van der Waals surface area contributed by atoms with Gasteiger partial charge >= 0.3 is 0 Å². The highest BCUT2D eigenvalue weighted by atomic mass is 32.2. The van der Waals surface area contributed by atoms with Crippen LogP contribution in [0, 0.1) is 5.82 Å². The van der Waals surface area contributed by atoms with E-state index in [2.05, 4.69) is 5.10 Å². The summed E-state index contributed by atoms with van der Waals surface area (Å²) in [4.78, 5) is 14.0. The standard InChI is InChI=1S/C16H19FN4O4S/c1-20-7-12(9-25-26(2,23)24)21-13(8-20)14(16(18)22)15(19-21)10-4-3-5-11(17)6-10/h3-6,12H,7-9H2,1-2H3,(H2,18,22). The summed E-state index contributed by atoms with van der Waals surface area (Å²) in [6, 6.07) is 5.28. The first kappa shape index (κ1) is 18.5. The Hall–Kier alpha value is -2.30. The molecule has 1 aliphatic rings. The minimum Gasteiger partial charge on any atom is -0.365 e. The van der Waals surface area contributed by atoms with Crippen molar-refractivity contribution in [3.05, 3.63) is 41.3 Å². The zero-order chi connectivity index (χ0) is 19.1. The van der Waals surface area contributed by atoms with Gasteiger partial charge in [-0.25, -0.2) is 4.39 Å². The Morgan fingerprint density at radius 2 is 2.19 bits per heavy atom. The van der Waals surface area contributed by atoms with Gasteiger partial charge in [-0.15, -0.1) is 0 Å².